The number of aromatic nitrogens is 2. The number of nitrogens with one attached hydrogen (secondary N) is 2. The summed E-state index contributed by atoms with van der Waals surface area (Å²) in [5.41, 5.74) is 4.93. The van der Waals surface area contributed by atoms with Gasteiger partial charge in [0.15, 0.2) is 0 Å². The van der Waals surface area contributed by atoms with Crippen LogP contribution in [0.2, 0.25) is 0 Å². The van der Waals surface area contributed by atoms with Crippen LogP contribution in [-0.4, -0.2) is 36.1 Å². The Morgan fingerprint density at radius 3 is 2.33 bits per heavy atom. The number of hydrogen-bond acceptors (Lipinski definition) is 5. The van der Waals surface area contributed by atoms with Crippen molar-refractivity contribution < 1.29 is 9.53 Å². The number of carbonyl (C=O) groups is 1. The van der Waals surface area contributed by atoms with Gasteiger partial charge in [0.2, 0.25) is 5.95 Å². The summed E-state index contributed by atoms with van der Waals surface area (Å²) in [4.78, 5) is 20.4. The molecule has 2 N–H and O–H groups in total. The molecule has 1 amide bonds. The van der Waals surface area contributed by atoms with E-state index in [0.717, 1.165) is 23.2 Å². The van der Waals surface area contributed by atoms with Crippen molar-refractivity contribution >= 4 is 17.5 Å². The molecular weight excluding hydrogens is 304 g/mol. The van der Waals surface area contributed by atoms with E-state index in [0.29, 0.717) is 24.7 Å². The van der Waals surface area contributed by atoms with Gasteiger partial charge in [-0.05, 0) is 38.3 Å². The fourth-order valence-corrected chi connectivity index (χ4v) is 2.52. The Balaban J connectivity index is 2.01. The maximum absolute atomic E-state index is 12.0. The van der Waals surface area contributed by atoms with Gasteiger partial charge in [0.05, 0.1) is 5.56 Å². The van der Waals surface area contributed by atoms with Gasteiger partial charge in [0.25, 0.3) is 5.91 Å². The van der Waals surface area contributed by atoms with Crippen LogP contribution in [0, 0.1) is 20.8 Å². The van der Waals surface area contributed by atoms with Gasteiger partial charge in [-0.3, -0.25) is 4.79 Å². The molecule has 1 aromatic carbocycles. The fourth-order valence-electron chi connectivity index (χ4n) is 2.52. The maximum Gasteiger partial charge on any atom is 0.254 e. The average Bonchev–Trinajstić information content (AvgIpc) is 2.55. The van der Waals surface area contributed by atoms with Crippen molar-refractivity contribution in [1.29, 1.82) is 0 Å². The molecule has 6 nitrogen and oxygen atoms in total. The minimum atomic E-state index is -0.180. The Kier molecular flexibility index (Phi) is 6.26. The lowest BCUT2D eigenvalue weighted by Crippen LogP contribution is -2.25. The van der Waals surface area contributed by atoms with E-state index >= 15 is 0 Å². The molecule has 0 saturated heterocycles. The zero-order valence-corrected chi connectivity index (χ0v) is 14.6. The SMILES string of the molecule is COCCCNC(=O)c1cnc(Nc2c(C)cc(C)cc2C)nc1. The predicted molar refractivity (Wildman–Crippen MR) is 94.8 cm³/mol. The molecular formula is C18H24N4O2. The highest BCUT2D eigenvalue weighted by molar-refractivity contribution is 5.93. The van der Waals surface area contributed by atoms with Crippen molar-refractivity contribution in [2.75, 3.05) is 25.6 Å². The molecule has 6 heteroatoms. The van der Waals surface area contributed by atoms with Gasteiger partial charge >= 0.3 is 0 Å². The first-order valence-corrected chi connectivity index (χ1v) is 7.95. The number of aryl methyl sites for hydroxylation is 3. The van der Waals surface area contributed by atoms with Crippen LogP contribution in [0.1, 0.15) is 33.5 Å². The van der Waals surface area contributed by atoms with Crippen LogP contribution in [0.3, 0.4) is 0 Å². The van der Waals surface area contributed by atoms with Crippen molar-refractivity contribution in [3.05, 3.63) is 46.8 Å². The molecule has 0 fully saturated rings. The standard InChI is InChI=1S/C18H24N4O2/c1-12-8-13(2)16(14(3)9-12)22-18-20-10-15(11-21-18)17(23)19-6-5-7-24-4/h8-11H,5-7H2,1-4H3,(H,19,23)(H,20,21,22). The fraction of sp³-hybridized carbons (Fsp3) is 0.389. The second-order valence-corrected chi connectivity index (χ2v) is 5.80. The molecule has 0 aliphatic carbocycles. The summed E-state index contributed by atoms with van der Waals surface area (Å²) in [6.45, 7) is 7.35. The highest BCUT2D eigenvalue weighted by Crippen LogP contribution is 2.24. The molecule has 0 radical (unpaired) electrons. The van der Waals surface area contributed by atoms with Crippen LogP contribution >= 0.6 is 0 Å². The third-order valence-electron chi connectivity index (χ3n) is 3.64. The number of nitrogens with zero attached hydrogens (tertiary/aromatic N) is 2. The molecule has 0 spiro atoms. The summed E-state index contributed by atoms with van der Waals surface area (Å²) in [5.74, 6) is 0.293. The molecule has 0 saturated carbocycles. The quantitative estimate of drug-likeness (QED) is 0.764. The highest BCUT2D eigenvalue weighted by Gasteiger charge is 2.09. The third-order valence-corrected chi connectivity index (χ3v) is 3.64. The summed E-state index contributed by atoms with van der Waals surface area (Å²) in [7, 11) is 1.64. The normalized spacial score (nSPS) is 10.5. The molecule has 0 aliphatic heterocycles. The third kappa shape index (κ3) is 4.76. The number of ether oxygens (including phenoxy) is 1. The van der Waals surface area contributed by atoms with Gasteiger partial charge < -0.3 is 15.4 Å². The Bertz CT molecular complexity index is 676. The Morgan fingerprint density at radius 1 is 1.12 bits per heavy atom. The van der Waals surface area contributed by atoms with E-state index in [9.17, 15) is 4.79 Å². The number of hydrogen-bond donors (Lipinski definition) is 2. The van der Waals surface area contributed by atoms with Crippen molar-refractivity contribution in [2.45, 2.75) is 27.2 Å². The Morgan fingerprint density at radius 2 is 1.75 bits per heavy atom. The second-order valence-electron chi connectivity index (χ2n) is 5.80. The van der Waals surface area contributed by atoms with Gasteiger partial charge in [-0.15, -0.1) is 0 Å². The number of methoxy groups -OCH3 is 1. The number of rotatable bonds is 7. The number of anilines is 2. The Hall–Kier alpha value is -2.47. The smallest absolute Gasteiger partial charge is 0.254 e. The highest BCUT2D eigenvalue weighted by atomic mass is 16.5. The summed E-state index contributed by atoms with van der Waals surface area (Å²) < 4.78 is 4.94. The van der Waals surface area contributed by atoms with Crippen molar-refractivity contribution in [3.63, 3.8) is 0 Å². The van der Waals surface area contributed by atoms with Gasteiger partial charge in [-0.1, -0.05) is 17.7 Å². The van der Waals surface area contributed by atoms with Gasteiger partial charge in [-0.25, -0.2) is 9.97 Å². The summed E-state index contributed by atoms with van der Waals surface area (Å²) in [5, 5.41) is 6.03. The van der Waals surface area contributed by atoms with Gasteiger partial charge in [0.1, 0.15) is 0 Å². The van der Waals surface area contributed by atoms with Crippen molar-refractivity contribution in [1.82, 2.24) is 15.3 Å². The van der Waals surface area contributed by atoms with Crippen LogP contribution in [0.4, 0.5) is 11.6 Å². The topological polar surface area (TPSA) is 76.1 Å². The monoisotopic (exact) mass is 328 g/mol. The van der Waals surface area contributed by atoms with E-state index in [-0.39, 0.29) is 5.91 Å². The average molecular weight is 328 g/mol. The van der Waals surface area contributed by atoms with Crippen LogP contribution in [0.5, 0.6) is 0 Å². The van der Waals surface area contributed by atoms with Crippen LogP contribution in [0.15, 0.2) is 24.5 Å². The van der Waals surface area contributed by atoms with Crippen LogP contribution in [-0.2, 0) is 4.74 Å². The number of amides is 1. The van der Waals surface area contributed by atoms with E-state index in [1.54, 1.807) is 7.11 Å². The first kappa shape index (κ1) is 17.9. The van der Waals surface area contributed by atoms with Crippen molar-refractivity contribution in [3.8, 4) is 0 Å². The summed E-state index contributed by atoms with van der Waals surface area (Å²) in [6, 6.07) is 4.22. The lowest BCUT2D eigenvalue weighted by atomic mass is 10.1. The van der Waals surface area contributed by atoms with Gasteiger partial charge in [-0.2, -0.15) is 0 Å². The minimum absolute atomic E-state index is 0.180. The molecule has 0 unspecified atom stereocenters. The van der Waals surface area contributed by atoms with E-state index in [2.05, 4.69) is 39.7 Å². The van der Waals surface area contributed by atoms with E-state index in [1.807, 2.05) is 13.8 Å². The first-order valence-electron chi connectivity index (χ1n) is 7.95. The first-order chi connectivity index (χ1) is 11.5. The lowest BCUT2D eigenvalue weighted by molar-refractivity contribution is 0.0948. The Labute approximate surface area is 142 Å². The number of carbonyl (C=O) groups excluding carboxylic acids is 1. The summed E-state index contributed by atoms with van der Waals surface area (Å²) >= 11 is 0. The predicted octanol–water partition coefficient (Wildman–Crippen LogP) is 2.91. The molecule has 24 heavy (non-hydrogen) atoms. The largest absolute Gasteiger partial charge is 0.385 e. The van der Waals surface area contributed by atoms with Crippen LogP contribution in [0.25, 0.3) is 0 Å². The zero-order valence-electron chi connectivity index (χ0n) is 14.6. The molecule has 0 atom stereocenters. The molecule has 2 aromatic rings. The molecule has 2 rings (SSSR count). The molecule has 1 aromatic heterocycles. The van der Waals surface area contributed by atoms with Crippen molar-refractivity contribution in [2.24, 2.45) is 0 Å². The minimum Gasteiger partial charge on any atom is -0.385 e. The molecule has 0 bridgehead atoms. The van der Waals surface area contributed by atoms with E-state index < -0.39 is 0 Å². The number of benzene rings is 1. The zero-order chi connectivity index (χ0) is 17.5. The maximum atomic E-state index is 12.0. The lowest BCUT2D eigenvalue weighted by Gasteiger charge is -2.12. The van der Waals surface area contributed by atoms with Crippen LogP contribution < -0.4 is 10.6 Å². The molecule has 128 valence electrons. The molecule has 0 aliphatic rings. The second kappa shape index (κ2) is 8.40. The van der Waals surface area contributed by atoms with E-state index in [1.165, 1.54) is 18.0 Å². The van der Waals surface area contributed by atoms with E-state index in [4.69, 9.17) is 4.74 Å². The molecule has 1 heterocycles. The van der Waals surface area contributed by atoms with Gasteiger partial charge in [0, 0.05) is 38.3 Å². The summed E-state index contributed by atoms with van der Waals surface area (Å²) in [6.07, 6.45) is 3.83.